The van der Waals surface area contributed by atoms with E-state index in [2.05, 4.69) is 5.73 Å². The molecule has 134 valence electrons. The number of carbonyl (C=O) groups is 1. The van der Waals surface area contributed by atoms with Crippen molar-refractivity contribution in [1.82, 2.24) is 0 Å². The molecule has 1 unspecified atom stereocenters. The Morgan fingerprint density at radius 2 is 2.04 bits per heavy atom. The molecule has 0 fully saturated rings. The first-order chi connectivity index (χ1) is 12.4. The Morgan fingerprint density at radius 1 is 1.27 bits per heavy atom. The quantitative estimate of drug-likeness (QED) is 0.778. The molecule has 1 aliphatic carbocycles. The van der Waals surface area contributed by atoms with Gasteiger partial charge in [-0.1, -0.05) is 19.1 Å². The normalized spacial score (nSPS) is 16.6. The highest BCUT2D eigenvalue weighted by Gasteiger charge is 2.33. The summed E-state index contributed by atoms with van der Waals surface area (Å²) in [6, 6.07) is 10.0. The summed E-state index contributed by atoms with van der Waals surface area (Å²) in [5, 5.41) is 9.08. The molecule has 0 radical (unpaired) electrons. The number of allylic oxidation sites excluding steroid dienone is 1. The van der Waals surface area contributed by atoms with Gasteiger partial charge in [-0.25, -0.2) is 13.6 Å². The second-order valence-corrected chi connectivity index (χ2v) is 6.12. The fraction of sp³-hybridized carbons (Fsp3) is 0.150. The summed E-state index contributed by atoms with van der Waals surface area (Å²) in [6.45, 7) is 2.31. The van der Waals surface area contributed by atoms with Crippen molar-refractivity contribution in [3.63, 3.8) is 0 Å². The number of quaternary nitrogens is 1. The third-order valence-electron chi connectivity index (χ3n) is 4.38. The lowest BCUT2D eigenvalue weighted by Gasteiger charge is -2.01. The Bertz CT molecular complexity index is 934. The third kappa shape index (κ3) is 3.65. The molecule has 4 nitrogen and oxygen atoms in total. The summed E-state index contributed by atoms with van der Waals surface area (Å²) in [5.74, 6) is -2.11. The van der Waals surface area contributed by atoms with Crippen LogP contribution in [0.5, 0.6) is 0 Å². The van der Waals surface area contributed by atoms with Crippen LogP contribution in [0.2, 0.25) is 0 Å². The van der Waals surface area contributed by atoms with Crippen LogP contribution in [0, 0.1) is 17.6 Å². The van der Waals surface area contributed by atoms with Gasteiger partial charge in [0.05, 0.1) is 11.1 Å². The van der Waals surface area contributed by atoms with Crippen molar-refractivity contribution in [2.24, 2.45) is 5.92 Å². The zero-order chi connectivity index (χ0) is 18.8. The van der Waals surface area contributed by atoms with Crippen molar-refractivity contribution in [1.29, 1.82) is 0 Å². The highest BCUT2D eigenvalue weighted by Crippen LogP contribution is 2.46. The van der Waals surface area contributed by atoms with Crippen LogP contribution >= 0.6 is 0 Å². The molecule has 0 aromatic heterocycles. The van der Waals surface area contributed by atoms with Crippen LogP contribution in [0.4, 0.5) is 8.78 Å². The molecule has 2 aromatic carbocycles. The van der Waals surface area contributed by atoms with Crippen LogP contribution in [0.3, 0.4) is 0 Å². The molecule has 2 aromatic rings. The average Bonchev–Trinajstić information content (AvgIpc) is 3.24. The Balaban J connectivity index is 1.70. The minimum absolute atomic E-state index is 0.179. The van der Waals surface area contributed by atoms with E-state index < -0.39 is 17.6 Å². The molecule has 0 saturated heterocycles. The van der Waals surface area contributed by atoms with Crippen molar-refractivity contribution < 1.29 is 29.2 Å². The van der Waals surface area contributed by atoms with E-state index in [4.69, 9.17) is 9.84 Å². The Labute approximate surface area is 149 Å². The maximum absolute atomic E-state index is 13.7. The number of aromatic carboxylic acids is 1. The average molecular weight is 358 g/mol. The van der Waals surface area contributed by atoms with E-state index in [9.17, 15) is 13.6 Å². The summed E-state index contributed by atoms with van der Waals surface area (Å²) in [6.07, 6.45) is 1.35. The van der Waals surface area contributed by atoms with Gasteiger partial charge in [-0.05, 0) is 41.0 Å². The number of rotatable bonds is 6. The monoisotopic (exact) mass is 358 g/mol. The lowest BCUT2D eigenvalue weighted by Crippen LogP contribution is -2.46. The highest BCUT2D eigenvalue weighted by molar-refractivity contribution is 5.91. The summed E-state index contributed by atoms with van der Waals surface area (Å²) in [5.41, 5.74) is 7.43. The third-order valence-corrected chi connectivity index (χ3v) is 4.38. The van der Waals surface area contributed by atoms with Crippen LogP contribution in [0.25, 0.3) is 11.3 Å². The standard InChI is InChI=1S/C20H17F2NO3/c1-11-16(19(11)12-3-2-4-13(7-12)20(24)25)9-26-10-18(23)15-6-5-14(21)8-17(15)22/h2-8,10-11H,9,23H2,1H3,(H,24,25)/p+1. The molecular formula is C20H18F2NO3+. The first-order valence-electron chi connectivity index (χ1n) is 8.04. The molecule has 1 aliphatic rings. The summed E-state index contributed by atoms with van der Waals surface area (Å²) < 4.78 is 32.2. The van der Waals surface area contributed by atoms with Gasteiger partial charge >= 0.3 is 5.97 Å². The number of benzene rings is 2. The second kappa shape index (κ2) is 7.09. The van der Waals surface area contributed by atoms with Gasteiger partial charge in [0.15, 0.2) is 5.70 Å². The maximum Gasteiger partial charge on any atom is 0.335 e. The Kier molecular flexibility index (Phi) is 4.86. The summed E-state index contributed by atoms with van der Waals surface area (Å²) in [4.78, 5) is 11.1. The van der Waals surface area contributed by atoms with E-state index in [-0.39, 0.29) is 17.0 Å². The zero-order valence-electron chi connectivity index (χ0n) is 14.1. The van der Waals surface area contributed by atoms with Crippen molar-refractivity contribution >= 4 is 17.2 Å². The Morgan fingerprint density at radius 3 is 2.73 bits per heavy atom. The second-order valence-electron chi connectivity index (χ2n) is 6.12. The van der Waals surface area contributed by atoms with Crippen molar-refractivity contribution in [3.05, 3.63) is 82.6 Å². The summed E-state index contributed by atoms with van der Waals surface area (Å²) in [7, 11) is 0. The molecule has 4 N–H and O–H groups in total. The molecule has 0 saturated carbocycles. The number of ether oxygens (including phenoxy) is 1. The first kappa shape index (κ1) is 17.8. The fourth-order valence-corrected chi connectivity index (χ4v) is 2.90. The summed E-state index contributed by atoms with van der Waals surface area (Å²) >= 11 is 0. The Hall–Kier alpha value is -2.99. The molecule has 0 heterocycles. The SMILES string of the molecule is CC1C(COC=C([NH3+])c2ccc(F)cc2F)=C1c1cccc(C(=O)O)c1. The topological polar surface area (TPSA) is 74.2 Å². The van der Waals surface area contributed by atoms with Crippen molar-refractivity contribution in [2.75, 3.05) is 6.61 Å². The largest absolute Gasteiger partial charge is 0.491 e. The molecule has 26 heavy (non-hydrogen) atoms. The lowest BCUT2D eigenvalue weighted by atomic mass is 10.1. The number of carboxylic acids is 1. The molecule has 0 aliphatic heterocycles. The predicted octanol–water partition coefficient (Wildman–Crippen LogP) is 3.32. The predicted molar refractivity (Wildman–Crippen MR) is 92.7 cm³/mol. The van der Waals surface area contributed by atoms with Gasteiger partial charge in [-0.2, -0.15) is 0 Å². The molecular weight excluding hydrogens is 340 g/mol. The van der Waals surface area contributed by atoms with Crippen LogP contribution < -0.4 is 5.73 Å². The van der Waals surface area contributed by atoms with E-state index in [0.29, 0.717) is 12.3 Å². The van der Waals surface area contributed by atoms with Gasteiger partial charge in [0.25, 0.3) is 0 Å². The van der Waals surface area contributed by atoms with E-state index in [1.807, 2.05) is 13.0 Å². The van der Waals surface area contributed by atoms with Crippen LogP contribution in [0.15, 0.2) is 54.3 Å². The number of hydrogen-bond acceptors (Lipinski definition) is 2. The number of hydrogen-bond donors (Lipinski definition) is 2. The molecule has 1 atom stereocenters. The fourth-order valence-electron chi connectivity index (χ4n) is 2.90. The van der Waals surface area contributed by atoms with E-state index in [0.717, 1.165) is 28.8 Å². The zero-order valence-corrected chi connectivity index (χ0v) is 14.1. The van der Waals surface area contributed by atoms with Crippen molar-refractivity contribution in [2.45, 2.75) is 6.92 Å². The van der Waals surface area contributed by atoms with Crippen LogP contribution in [-0.2, 0) is 4.74 Å². The molecule has 6 heteroatoms. The van der Waals surface area contributed by atoms with Crippen molar-refractivity contribution in [3.8, 4) is 0 Å². The maximum atomic E-state index is 13.7. The van der Waals surface area contributed by atoms with Crippen LogP contribution in [0.1, 0.15) is 28.4 Å². The van der Waals surface area contributed by atoms with Gasteiger partial charge in [-0.3, -0.25) is 0 Å². The van der Waals surface area contributed by atoms with Gasteiger partial charge in [0, 0.05) is 12.0 Å². The van der Waals surface area contributed by atoms with E-state index in [1.54, 1.807) is 18.2 Å². The van der Waals surface area contributed by atoms with E-state index >= 15 is 0 Å². The van der Waals surface area contributed by atoms with Gasteiger partial charge in [-0.15, -0.1) is 0 Å². The first-order valence-corrected chi connectivity index (χ1v) is 8.04. The van der Waals surface area contributed by atoms with Crippen LogP contribution in [-0.4, -0.2) is 17.7 Å². The minimum Gasteiger partial charge on any atom is -0.491 e. The minimum atomic E-state index is -0.968. The number of carboxylic acid groups (broad SMARTS) is 1. The molecule has 0 spiro atoms. The highest BCUT2D eigenvalue weighted by atomic mass is 19.1. The van der Waals surface area contributed by atoms with Gasteiger partial charge < -0.3 is 15.6 Å². The molecule has 0 amide bonds. The number of halogens is 2. The van der Waals surface area contributed by atoms with E-state index in [1.165, 1.54) is 12.3 Å². The van der Waals surface area contributed by atoms with Gasteiger partial charge in [0.1, 0.15) is 24.5 Å². The molecule has 3 rings (SSSR count). The molecule has 0 bridgehead atoms. The lowest BCUT2D eigenvalue weighted by molar-refractivity contribution is -0.246. The van der Waals surface area contributed by atoms with Gasteiger partial charge in [0.2, 0.25) is 0 Å². The smallest absolute Gasteiger partial charge is 0.335 e.